The van der Waals surface area contributed by atoms with Crippen molar-refractivity contribution in [2.75, 3.05) is 4.72 Å². The van der Waals surface area contributed by atoms with Gasteiger partial charge in [0.15, 0.2) is 0 Å². The van der Waals surface area contributed by atoms with Gasteiger partial charge >= 0.3 is 0 Å². The average Bonchev–Trinajstić information content (AvgIpc) is 2.42. The Hall–Kier alpha value is -1.27. The maximum atomic E-state index is 12.5. The first-order valence-corrected chi connectivity index (χ1v) is 8.35. The number of halogens is 2. The van der Waals surface area contributed by atoms with Gasteiger partial charge in [-0.05, 0) is 42.3 Å². The van der Waals surface area contributed by atoms with Gasteiger partial charge in [0.05, 0.1) is 15.6 Å². The van der Waals surface area contributed by atoms with Crippen LogP contribution in [-0.4, -0.2) is 8.42 Å². The van der Waals surface area contributed by atoms with Crippen LogP contribution < -0.4 is 10.5 Å². The molecule has 0 radical (unpaired) electrons. The Bertz CT molecular complexity index is 777. The van der Waals surface area contributed by atoms with Gasteiger partial charge in [-0.1, -0.05) is 35.3 Å². The minimum atomic E-state index is -3.75. The highest BCUT2D eigenvalue weighted by Gasteiger charge is 2.19. The molecule has 4 nitrogen and oxygen atoms in total. The topological polar surface area (TPSA) is 72.2 Å². The van der Waals surface area contributed by atoms with Gasteiger partial charge in [0.25, 0.3) is 10.0 Å². The third-order valence-electron chi connectivity index (χ3n) is 3.08. The molecule has 0 atom stereocenters. The van der Waals surface area contributed by atoms with Gasteiger partial charge in [0.1, 0.15) is 0 Å². The zero-order valence-electron chi connectivity index (χ0n) is 11.2. The zero-order valence-corrected chi connectivity index (χ0v) is 13.6. The Morgan fingerprint density at radius 2 is 1.90 bits per heavy atom. The third-order valence-corrected chi connectivity index (χ3v) is 5.14. The molecule has 0 fully saturated rings. The minimum Gasteiger partial charge on any atom is -0.326 e. The molecule has 0 heterocycles. The van der Waals surface area contributed by atoms with Crippen LogP contribution in [0.5, 0.6) is 0 Å². The monoisotopic (exact) mass is 344 g/mol. The van der Waals surface area contributed by atoms with Crippen LogP contribution in [0.4, 0.5) is 5.69 Å². The van der Waals surface area contributed by atoms with Gasteiger partial charge in [0.2, 0.25) is 0 Å². The van der Waals surface area contributed by atoms with Crippen LogP contribution in [0.15, 0.2) is 41.3 Å². The minimum absolute atomic E-state index is 0.177. The summed E-state index contributed by atoms with van der Waals surface area (Å²) >= 11 is 11.8. The molecule has 2 rings (SSSR count). The quantitative estimate of drug-likeness (QED) is 0.890. The lowest BCUT2D eigenvalue weighted by molar-refractivity contribution is 0.600. The van der Waals surface area contributed by atoms with E-state index in [-0.39, 0.29) is 22.2 Å². The van der Waals surface area contributed by atoms with E-state index in [0.717, 1.165) is 5.56 Å². The van der Waals surface area contributed by atoms with Crippen molar-refractivity contribution in [2.45, 2.75) is 18.4 Å². The normalized spacial score (nSPS) is 11.4. The molecule has 0 amide bonds. The van der Waals surface area contributed by atoms with Crippen molar-refractivity contribution in [1.29, 1.82) is 0 Å². The molecule has 0 aliphatic carbocycles. The molecule has 0 bridgehead atoms. The second kappa shape index (κ2) is 6.23. The lowest BCUT2D eigenvalue weighted by Crippen LogP contribution is -2.15. The van der Waals surface area contributed by atoms with Crippen LogP contribution in [0.1, 0.15) is 11.1 Å². The van der Waals surface area contributed by atoms with Crippen molar-refractivity contribution in [2.24, 2.45) is 5.73 Å². The summed E-state index contributed by atoms with van der Waals surface area (Å²) in [6, 6.07) is 9.54. The molecule has 0 saturated heterocycles. The number of rotatable bonds is 4. The summed E-state index contributed by atoms with van der Waals surface area (Å²) in [5.74, 6) is 0. The largest absolute Gasteiger partial charge is 0.326 e. The van der Waals surface area contributed by atoms with Gasteiger partial charge in [-0.2, -0.15) is 0 Å². The molecule has 112 valence electrons. The molecule has 0 aliphatic heterocycles. The lowest BCUT2D eigenvalue weighted by Gasteiger charge is -2.13. The van der Waals surface area contributed by atoms with Crippen molar-refractivity contribution in [3.8, 4) is 0 Å². The van der Waals surface area contributed by atoms with E-state index < -0.39 is 10.0 Å². The van der Waals surface area contributed by atoms with Crippen molar-refractivity contribution >= 4 is 38.9 Å². The average molecular weight is 345 g/mol. The molecule has 0 unspecified atom stereocenters. The molecule has 7 heteroatoms. The molecule has 0 saturated carbocycles. The summed E-state index contributed by atoms with van der Waals surface area (Å²) in [6.45, 7) is 2.00. The summed E-state index contributed by atoms with van der Waals surface area (Å²) < 4.78 is 27.4. The van der Waals surface area contributed by atoms with E-state index in [1.54, 1.807) is 25.1 Å². The predicted molar refractivity (Wildman–Crippen MR) is 86.3 cm³/mol. The first kappa shape index (κ1) is 16.1. The van der Waals surface area contributed by atoms with Gasteiger partial charge in [0, 0.05) is 11.6 Å². The van der Waals surface area contributed by atoms with E-state index in [4.69, 9.17) is 28.9 Å². The molecule has 2 aromatic rings. The predicted octanol–water partition coefficient (Wildman–Crippen LogP) is 3.56. The maximum Gasteiger partial charge on any atom is 0.262 e. The van der Waals surface area contributed by atoms with Gasteiger partial charge in [-0.3, -0.25) is 4.72 Å². The van der Waals surface area contributed by atoms with Crippen molar-refractivity contribution < 1.29 is 8.42 Å². The number of benzene rings is 2. The van der Waals surface area contributed by atoms with Crippen molar-refractivity contribution in [3.63, 3.8) is 0 Å². The summed E-state index contributed by atoms with van der Waals surface area (Å²) in [6.07, 6.45) is 0. The van der Waals surface area contributed by atoms with Crippen LogP contribution in [0, 0.1) is 6.92 Å². The fraction of sp³-hybridized carbons (Fsp3) is 0.143. The first-order chi connectivity index (χ1) is 9.85. The Labute approximate surface area is 133 Å². The van der Waals surface area contributed by atoms with Crippen LogP contribution in [-0.2, 0) is 16.6 Å². The summed E-state index contributed by atoms with van der Waals surface area (Å²) in [7, 11) is -3.75. The van der Waals surface area contributed by atoms with E-state index in [1.165, 1.54) is 18.2 Å². The highest BCUT2D eigenvalue weighted by molar-refractivity contribution is 7.92. The van der Waals surface area contributed by atoms with E-state index in [1.807, 2.05) is 0 Å². The maximum absolute atomic E-state index is 12.5. The Kier molecular flexibility index (Phi) is 4.78. The molecule has 3 N–H and O–H groups in total. The standard InChI is InChI=1S/C14H14Cl2N2O2S/c1-9-10(8-17)3-2-4-14(9)21(19,20)18-13-6-5-11(15)7-12(13)16/h2-7,18H,8,17H2,1H3. The summed E-state index contributed by atoms with van der Waals surface area (Å²) in [5.41, 5.74) is 7.28. The second-order valence-electron chi connectivity index (χ2n) is 4.47. The molecule has 2 aromatic carbocycles. The number of anilines is 1. The molecular formula is C14H14Cl2N2O2S. The molecule has 0 spiro atoms. The lowest BCUT2D eigenvalue weighted by atomic mass is 10.1. The zero-order chi connectivity index (χ0) is 15.6. The smallest absolute Gasteiger partial charge is 0.262 e. The third kappa shape index (κ3) is 3.49. The van der Waals surface area contributed by atoms with Crippen LogP contribution in [0.3, 0.4) is 0 Å². The molecule has 0 aromatic heterocycles. The van der Waals surface area contributed by atoms with E-state index >= 15 is 0 Å². The van der Waals surface area contributed by atoms with E-state index in [0.29, 0.717) is 10.6 Å². The SMILES string of the molecule is Cc1c(CN)cccc1S(=O)(=O)Nc1ccc(Cl)cc1Cl. The fourth-order valence-corrected chi connectivity index (χ4v) is 3.83. The van der Waals surface area contributed by atoms with Crippen LogP contribution in [0.25, 0.3) is 0 Å². The van der Waals surface area contributed by atoms with Gasteiger partial charge in [-0.25, -0.2) is 8.42 Å². The van der Waals surface area contributed by atoms with Crippen molar-refractivity contribution in [3.05, 3.63) is 57.6 Å². The summed E-state index contributed by atoms with van der Waals surface area (Å²) in [4.78, 5) is 0.177. The number of sulfonamides is 1. The van der Waals surface area contributed by atoms with Gasteiger partial charge < -0.3 is 5.73 Å². The molecular weight excluding hydrogens is 331 g/mol. The number of nitrogens with two attached hydrogens (primary N) is 1. The van der Waals surface area contributed by atoms with E-state index in [9.17, 15) is 8.42 Å². The van der Waals surface area contributed by atoms with Crippen LogP contribution in [0.2, 0.25) is 10.0 Å². The van der Waals surface area contributed by atoms with Gasteiger partial charge in [-0.15, -0.1) is 0 Å². The second-order valence-corrected chi connectivity index (χ2v) is 6.97. The van der Waals surface area contributed by atoms with Crippen molar-refractivity contribution in [1.82, 2.24) is 0 Å². The highest BCUT2D eigenvalue weighted by atomic mass is 35.5. The van der Waals surface area contributed by atoms with Crippen LogP contribution >= 0.6 is 23.2 Å². The Balaban J connectivity index is 2.43. The van der Waals surface area contributed by atoms with E-state index in [2.05, 4.69) is 4.72 Å². The highest BCUT2D eigenvalue weighted by Crippen LogP contribution is 2.28. The number of hydrogen-bond acceptors (Lipinski definition) is 3. The molecule has 0 aliphatic rings. The number of hydrogen-bond donors (Lipinski definition) is 2. The fourth-order valence-electron chi connectivity index (χ4n) is 1.94. The summed E-state index contributed by atoms with van der Waals surface area (Å²) in [5, 5.41) is 0.669. The molecule has 21 heavy (non-hydrogen) atoms. The number of nitrogens with one attached hydrogen (secondary N) is 1. The first-order valence-electron chi connectivity index (χ1n) is 6.11. The Morgan fingerprint density at radius 1 is 1.19 bits per heavy atom. The Morgan fingerprint density at radius 3 is 2.52 bits per heavy atom.